The molecule has 0 unspecified atom stereocenters. The first-order chi connectivity index (χ1) is 14.2. The third-order valence-corrected chi connectivity index (χ3v) is 6.87. The highest BCUT2D eigenvalue weighted by Gasteiger charge is 2.23. The van der Waals surface area contributed by atoms with Crippen LogP contribution in [0.3, 0.4) is 0 Å². The third-order valence-electron chi connectivity index (χ3n) is 4.90. The van der Waals surface area contributed by atoms with Gasteiger partial charge in [-0.25, -0.2) is 9.97 Å². The summed E-state index contributed by atoms with van der Waals surface area (Å²) in [5.41, 5.74) is 0.913. The number of amides is 2. The summed E-state index contributed by atoms with van der Waals surface area (Å²) in [5.74, 6) is -0.0143. The number of aromatic nitrogens is 2. The van der Waals surface area contributed by atoms with Crippen molar-refractivity contribution in [2.24, 2.45) is 0 Å². The highest BCUT2D eigenvalue weighted by atomic mass is 32.1. The van der Waals surface area contributed by atoms with Crippen LogP contribution in [0.4, 0.5) is 5.13 Å². The van der Waals surface area contributed by atoms with Crippen molar-refractivity contribution in [1.82, 2.24) is 20.2 Å². The normalized spacial score (nSPS) is 14.3. The van der Waals surface area contributed by atoms with Crippen LogP contribution in [-0.4, -0.2) is 59.4 Å². The SMILES string of the molecule is O=C(CCC(=O)N1CCN(c2nc3cccnc3s2)CC1)NCCc1cccs1. The van der Waals surface area contributed by atoms with Crippen LogP contribution in [0.5, 0.6) is 0 Å². The molecule has 3 aromatic heterocycles. The molecule has 9 heteroatoms. The average Bonchev–Trinajstić information content (AvgIpc) is 3.42. The van der Waals surface area contributed by atoms with Crippen LogP contribution in [0.25, 0.3) is 10.3 Å². The van der Waals surface area contributed by atoms with E-state index in [1.165, 1.54) is 4.88 Å². The lowest BCUT2D eigenvalue weighted by molar-refractivity contribution is -0.133. The lowest BCUT2D eigenvalue weighted by Gasteiger charge is -2.34. The van der Waals surface area contributed by atoms with Gasteiger partial charge in [-0.15, -0.1) is 11.3 Å². The molecule has 1 saturated heterocycles. The van der Waals surface area contributed by atoms with Crippen LogP contribution >= 0.6 is 22.7 Å². The second-order valence-corrected chi connectivity index (χ2v) is 8.86. The van der Waals surface area contributed by atoms with Crippen LogP contribution in [0.15, 0.2) is 35.8 Å². The molecule has 0 aromatic carbocycles. The number of hydrogen-bond donors (Lipinski definition) is 1. The van der Waals surface area contributed by atoms with E-state index < -0.39 is 0 Å². The standard InChI is InChI=1S/C20H23N5O2S2/c26-17(21-9-7-15-3-2-14-28-15)5-6-18(27)24-10-12-25(13-11-24)20-23-16-4-1-8-22-19(16)29-20/h1-4,8,14H,5-7,9-13H2,(H,21,26). The quantitative estimate of drug-likeness (QED) is 0.624. The number of pyridine rings is 1. The summed E-state index contributed by atoms with van der Waals surface area (Å²) in [5, 5.41) is 5.88. The Hall–Kier alpha value is -2.52. The Bertz CT molecular complexity index is 931. The van der Waals surface area contributed by atoms with E-state index in [0.29, 0.717) is 19.6 Å². The molecule has 1 aliphatic heterocycles. The average molecular weight is 430 g/mol. The molecule has 0 aliphatic carbocycles. The highest BCUT2D eigenvalue weighted by Crippen LogP contribution is 2.27. The monoisotopic (exact) mass is 429 g/mol. The molecule has 1 N–H and O–H groups in total. The molecule has 0 radical (unpaired) electrons. The smallest absolute Gasteiger partial charge is 0.223 e. The summed E-state index contributed by atoms with van der Waals surface area (Å²) in [6.45, 7) is 3.42. The fourth-order valence-electron chi connectivity index (χ4n) is 3.29. The van der Waals surface area contributed by atoms with Crippen LogP contribution in [0.1, 0.15) is 17.7 Å². The van der Waals surface area contributed by atoms with Crippen molar-refractivity contribution in [1.29, 1.82) is 0 Å². The van der Waals surface area contributed by atoms with Gasteiger partial charge in [0.25, 0.3) is 0 Å². The number of thiophene rings is 1. The van der Waals surface area contributed by atoms with Gasteiger partial charge >= 0.3 is 0 Å². The number of nitrogens with zero attached hydrogens (tertiary/aromatic N) is 4. The van der Waals surface area contributed by atoms with Gasteiger partial charge in [0.1, 0.15) is 10.3 Å². The van der Waals surface area contributed by atoms with Crippen LogP contribution in [-0.2, 0) is 16.0 Å². The Balaban J connectivity index is 1.18. The molecule has 3 aromatic rings. The van der Waals surface area contributed by atoms with Crippen molar-refractivity contribution in [2.75, 3.05) is 37.6 Å². The third kappa shape index (κ3) is 5.10. The maximum atomic E-state index is 12.5. The van der Waals surface area contributed by atoms with Crippen molar-refractivity contribution in [3.63, 3.8) is 0 Å². The summed E-state index contributed by atoms with van der Waals surface area (Å²) in [4.78, 5) is 39.7. The highest BCUT2D eigenvalue weighted by molar-refractivity contribution is 7.21. The number of thiazole rings is 1. The molecule has 7 nitrogen and oxygen atoms in total. The molecule has 0 saturated carbocycles. The van der Waals surface area contributed by atoms with Crippen LogP contribution < -0.4 is 10.2 Å². The Labute approximate surface area is 177 Å². The number of carbonyl (C=O) groups is 2. The zero-order chi connectivity index (χ0) is 20.1. The molecule has 29 heavy (non-hydrogen) atoms. The predicted molar refractivity (Wildman–Crippen MR) is 116 cm³/mol. The van der Waals surface area contributed by atoms with E-state index in [0.717, 1.165) is 35.0 Å². The van der Waals surface area contributed by atoms with E-state index in [1.807, 2.05) is 28.5 Å². The zero-order valence-electron chi connectivity index (χ0n) is 16.0. The van der Waals surface area contributed by atoms with E-state index in [2.05, 4.69) is 26.3 Å². The second kappa shape index (κ2) is 9.32. The fraction of sp³-hybridized carbons (Fsp3) is 0.400. The van der Waals surface area contributed by atoms with Gasteiger partial charge in [-0.1, -0.05) is 17.4 Å². The van der Waals surface area contributed by atoms with Crippen LogP contribution in [0.2, 0.25) is 0 Å². The Morgan fingerprint density at radius 1 is 1.10 bits per heavy atom. The zero-order valence-corrected chi connectivity index (χ0v) is 17.7. The molecule has 4 rings (SSSR count). The molecule has 0 atom stereocenters. The van der Waals surface area contributed by atoms with Crippen molar-refractivity contribution in [3.8, 4) is 0 Å². The number of carbonyl (C=O) groups excluding carboxylic acids is 2. The van der Waals surface area contributed by atoms with Gasteiger partial charge in [-0.05, 0) is 30.0 Å². The Morgan fingerprint density at radius 2 is 1.97 bits per heavy atom. The molecule has 0 spiro atoms. The molecule has 1 aliphatic rings. The fourth-order valence-corrected chi connectivity index (χ4v) is 4.96. The number of nitrogens with one attached hydrogen (secondary N) is 1. The first-order valence-corrected chi connectivity index (χ1v) is 11.4. The minimum Gasteiger partial charge on any atom is -0.356 e. The van der Waals surface area contributed by atoms with Crippen molar-refractivity contribution >= 4 is 50.0 Å². The molecular weight excluding hydrogens is 406 g/mol. The van der Waals surface area contributed by atoms with Gasteiger partial charge in [-0.3, -0.25) is 9.59 Å². The van der Waals surface area contributed by atoms with Gasteiger partial charge in [0.05, 0.1) is 0 Å². The predicted octanol–water partition coefficient (Wildman–Crippen LogP) is 2.54. The summed E-state index contributed by atoms with van der Waals surface area (Å²) >= 11 is 3.27. The van der Waals surface area contributed by atoms with Gasteiger partial charge < -0.3 is 15.1 Å². The summed E-state index contributed by atoms with van der Waals surface area (Å²) < 4.78 is 0. The number of piperazine rings is 1. The molecule has 4 heterocycles. The van der Waals surface area contributed by atoms with E-state index in [9.17, 15) is 9.59 Å². The summed E-state index contributed by atoms with van der Waals surface area (Å²) in [6.07, 6.45) is 3.11. The van der Waals surface area contributed by atoms with Gasteiger partial charge in [0.15, 0.2) is 5.13 Å². The molecule has 152 valence electrons. The first kappa shape index (κ1) is 19.8. The van der Waals surface area contributed by atoms with E-state index in [4.69, 9.17) is 0 Å². The molecule has 1 fully saturated rings. The number of anilines is 1. The lowest BCUT2D eigenvalue weighted by atomic mass is 10.2. The Kier molecular flexibility index (Phi) is 6.36. The maximum absolute atomic E-state index is 12.5. The number of rotatable bonds is 7. The second-order valence-electron chi connectivity index (χ2n) is 6.87. The maximum Gasteiger partial charge on any atom is 0.223 e. The van der Waals surface area contributed by atoms with Crippen LogP contribution in [0, 0.1) is 0 Å². The number of fused-ring (bicyclic) bond motifs is 1. The Morgan fingerprint density at radius 3 is 2.72 bits per heavy atom. The first-order valence-electron chi connectivity index (χ1n) is 9.72. The van der Waals surface area contributed by atoms with Gasteiger partial charge in [0.2, 0.25) is 11.8 Å². The molecular formula is C20H23N5O2S2. The lowest BCUT2D eigenvalue weighted by Crippen LogP contribution is -2.49. The molecule has 2 amide bonds. The van der Waals surface area contributed by atoms with Crippen molar-refractivity contribution < 1.29 is 9.59 Å². The summed E-state index contributed by atoms with van der Waals surface area (Å²) in [7, 11) is 0. The van der Waals surface area contributed by atoms with Gasteiger partial charge in [0, 0.05) is 56.6 Å². The van der Waals surface area contributed by atoms with Gasteiger partial charge in [-0.2, -0.15) is 0 Å². The molecule has 0 bridgehead atoms. The minimum absolute atomic E-state index is 0.0454. The minimum atomic E-state index is -0.0597. The number of hydrogen-bond acceptors (Lipinski definition) is 7. The van der Waals surface area contributed by atoms with Crippen molar-refractivity contribution in [2.45, 2.75) is 19.3 Å². The van der Waals surface area contributed by atoms with Crippen molar-refractivity contribution in [3.05, 3.63) is 40.7 Å². The van der Waals surface area contributed by atoms with E-state index in [1.54, 1.807) is 28.9 Å². The summed E-state index contributed by atoms with van der Waals surface area (Å²) in [6, 6.07) is 7.92. The van der Waals surface area contributed by atoms with E-state index in [-0.39, 0.29) is 24.7 Å². The topological polar surface area (TPSA) is 78.4 Å². The largest absolute Gasteiger partial charge is 0.356 e. The van der Waals surface area contributed by atoms with E-state index >= 15 is 0 Å².